The van der Waals surface area contributed by atoms with E-state index in [4.69, 9.17) is 34.8 Å². The van der Waals surface area contributed by atoms with E-state index in [9.17, 15) is 13.2 Å². The molecule has 0 unspecified atom stereocenters. The van der Waals surface area contributed by atoms with Crippen LogP contribution in [0.3, 0.4) is 0 Å². The second-order valence-electron chi connectivity index (χ2n) is 3.79. The Kier molecular flexibility index (Phi) is 4.00. The van der Waals surface area contributed by atoms with Gasteiger partial charge in [-0.15, -0.1) is 0 Å². The van der Waals surface area contributed by atoms with Crippen molar-refractivity contribution in [3.05, 3.63) is 57.0 Å². The fourth-order valence-electron chi connectivity index (χ4n) is 1.64. The molecular formula is C13H6Cl3F3. The first-order chi connectivity index (χ1) is 8.80. The summed E-state index contributed by atoms with van der Waals surface area (Å²) >= 11 is 17.4. The summed E-state index contributed by atoms with van der Waals surface area (Å²) in [6.07, 6.45) is -4.50. The first kappa shape index (κ1) is 14.5. The minimum absolute atomic E-state index is 0.257. The quantitative estimate of drug-likeness (QED) is 0.574. The third kappa shape index (κ3) is 2.99. The van der Waals surface area contributed by atoms with Crippen LogP contribution in [0.25, 0.3) is 11.1 Å². The van der Waals surface area contributed by atoms with Crippen LogP contribution >= 0.6 is 34.8 Å². The van der Waals surface area contributed by atoms with Gasteiger partial charge in [0.25, 0.3) is 0 Å². The van der Waals surface area contributed by atoms with E-state index in [1.165, 1.54) is 24.3 Å². The fourth-order valence-corrected chi connectivity index (χ4v) is 2.28. The molecular weight excluding hydrogens is 319 g/mol. The molecule has 0 atom stereocenters. The van der Waals surface area contributed by atoms with E-state index in [0.29, 0.717) is 10.6 Å². The van der Waals surface area contributed by atoms with Crippen LogP contribution < -0.4 is 0 Å². The van der Waals surface area contributed by atoms with Crippen molar-refractivity contribution in [2.24, 2.45) is 0 Å². The predicted molar refractivity (Wildman–Crippen MR) is 71.9 cm³/mol. The van der Waals surface area contributed by atoms with Gasteiger partial charge in [-0.3, -0.25) is 0 Å². The number of benzene rings is 2. The van der Waals surface area contributed by atoms with Crippen LogP contribution in [0.2, 0.25) is 15.1 Å². The molecule has 0 aromatic heterocycles. The van der Waals surface area contributed by atoms with Crippen molar-refractivity contribution in [3.63, 3.8) is 0 Å². The standard InChI is InChI=1S/C13H6Cl3F3/c14-10-5-4-7(6-11(10)15)8-2-1-3-9(12(8)16)13(17,18)19/h1-6H. The summed E-state index contributed by atoms with van der Waals surface area (Å²) in [4.78, 5) is 0. The Hall–Kier alpha value is -0.900. The van der Waals surface area contributed by atoms with Crippen molar-refractivity contribution in [2.75, 3.05) is 0 Å². The molecule has 2 aromatic carbocycles. The van der Waals surface area contributed by atoms with Gasteiger partial charge in [-0.1, -0.05) is 53.0 Å². The molecule has 0 radical (unpaired) electrons. The van der Waals surface area contributed by atoms with Crippen LogP contribution in [0.4, 0.5) is 13.2 Å². The maximum Gasteiger partial charge on any atom is 0.417 e. The molecule has 0 N–H and O–H groups in total. The highest BCUT2D eigenvalue weighted by Crippen LogP contribution is 2.40. The van der Waals surface area contributed by atoms with Crippen LogP contribution in [0.5, 0.6) is 0 Å². The highest BCUT2D eigenvalue weighted by Gasteiger charge is 2.33. The molecule has 0 spiro atoms. The molecule has 0 nitrogen and oxygen atoms in total. The molecule has 0 bridgehead atoms. The third-order valence-corrected chi connectivity index (χ3v) is 3.68. The molecule has 2 rings (SSSR count). The molecule has 2 aromatic rings. The van der Waals surface area contributed by atoms with Gasteiger partial charge in [-0.05, 0) is 23.8 Å². The number of alkyl halides is 3. The maximum atomic E-state index is 12.8. The second kappa shape index (κ2) is 5.23. The summed E-state index contributed by atoms with van der Waals surface area (Å²) in [6, 6.07) is 8.28. The highest BCUT2D eigenvalue weighted by atomic mass is 35.5. The maximum absolute atomic E-state index is 12.8. The molecule has 0 aliphatic rings. The topological polar surface area (TPSA) is 0 Å². The summed E-state index contributed by atoms with van der Waals surface area (Å²) in [6.45, 7) is 0. The van der Waals surface area contributed by atoms with Crippen LogP contribution in [0, 0.1) is 0 Å². The SMILES string of the molecule is FC(F)(F)c1cccc(-c2ccc(Cl)c(Cl)c2)c1Cl. The Morgan fingerprint density at radius 1 is 0.842 bits per heavy atom. The van der Waals surface area contributed by atoms with Gasteiger partial charge in [0, 0.05) is 5.56 Å². The van der Waals surface area contributed by atoms with E-state index in [1.807, 2.05) is 0 Å². The Labute approximate surface area is 122 Å². The summed E-state index contributed by atoms with van der Waals surface area (Å²) in [5.74, 6) is 0. The van der Waals surface area contributed by atoms with Gasteiger partial charge in [0.15, 0.2) is 0 Å². The lowest BCUT2D eigenvalue weighted by Gasteiger charge is -2.12. The third-order valence-electron chi connectivity index (χ3n) is 2.53. The average Bonchev–Trinajstić information content (AvgIpc) is 2.32. The van der Waals surface area contributed by atoms with Crippen LogP contribution in [0.1, 0.15) is 5.56 Å². The molecule has 0 amide bonds. The van der Waals surface area contributed by atoms with Crippen molar-refractivity contribution >= 4 is 34.8 Å². The Morgan fingerprint density at radius 2 is 1.53 bits per heavy atom. The molecule has 0 saturated carbocycles. The number of halogens is 6. The zero-order chi connectivity index (χ0) is 14.2. The lowest BCUT2D eigenvalue weighted by molar-refractivity contribution is -0.137. The largest absolute Gasteiger partial charge is 0.417 e. The summed E-state index contributed by atoms with van der Waals surface area (Å²) in [7, 11) is 0. The Bertz CT molecular complexity index is 621. The molecule has 0 heterocycles. The molecule has 0 fully saturated rings. The van der Waals surface area contributed by atoms with Crippen LogP contribution in [-0.4, -0.2) is 0 Å². The van der Waals surface area contributed by atoms with E-state index in [0.717, 1.165) is 6.07 Å². The van der Waals surface area contributed by atoms with Gasteiger partial charge in [-0.25, -0.2) is 0 Å². The normalized spacial score (nSPS) is 11.7. The van der Waals surface area contributed by atoms with E-state index in [2.05, 4.69) is 0 Å². The molecule has 6 heteroatoms. The van der Waals surface area contributed by atoms with Gasteiger partial charge in [0.05, 0.1) is 20.6 Å². The predicted octanol–water partition coefficient (Wildman–Crippen LogP) is 6.33. The van der Waals surface area contributed by atoms with Crippen molar-refractivity contribution in [1.82, 2.24) is 0 Å². The molecule has 100 valence electrons. The van der Waals surface area contributed by atoms with Crippen LogP contribution in [-0.2, 0) is 6.18 Å². The van der Waals surface area contributed by atoms with Crippen molar-refractivity contribution in [2.45, 2.75) is 6.18 Å². The van der Waals surface area contributed by atoms with Gasteiger partial charge in [0.2, 0.25) is 0 Å². The molecule has 0 aliphatic carbocycles. The number of hydrogen-bond donors (Lipinski definition) is 0. The van der Waals surface area contributed by atoms with Gasteiger partial charge in [-0.2, -0.15) is 13.2 Å². The highest BCUT2D eigenvalue weighted by molar-refractivity contribution is 6.42. The minimum atomic E-state index is -4.50. The first-order valence-electron chi connectivity index (χ1n) is 5.12. The monoisotopic (exact) mass is 324 g/mol. The zero-order valence-corrected chi connectivity index (χ0v) is 11.5. The minimum Gasteiger partial charge on any atom is -0.166 e. The lowest BCUT2D eigenvalue weighted by atomic mass is 10.0. The number of hydrogen-bond acceptors (Lipinski definition) is 0. The Balaban J connectivity index is 2.60. The van der Waals surface area contributed by atoms with E-state index in [-0.39, 0.29) is 15.6 Å². The molecule has 0 saturated heterocycles. The second-order valence-corrected chi connectivity index (χ2v) is 4.99. The van der Waals surface area contributed by atoms with Crippen molar-refractivity contribution in [1.29, 1.82) is 0 Å². The van der Waals surface area contributed by atoms with E-state index < -0.39 is 11.7 Å². The smallest absolute Gasteiger partial charge is 0.166 e. The summed E-state index contributed by atoms with van der Waals surface area (Å²) in [5.41, 5.74) is -0.140. The Morgan fingerprint density at radius 3 is 2.11 bits per heavy atom. The van der Waals surface area contributed by atoms with Crippen LogP contribution in [0.15, 0.2) is 36.4 Å². The molecule has 19 heavy (non-hydrogen) atoms. The van der Waals surface area contributed by atoms with Gasteiger partial charge < -0.3 is 0 Å². The zero-order valence-electron chi connectivity index (χ0n) is 9.23. The lowest BCUT2D eigenvalue weighted by Crippen LogP contribution is -2.06. The molecule has 0 aliphatic heterocycles. The average molecular weight is 326 g/mol. The van der Waals surface area contributed by atoms with E-state index >= 15 is 0 Å². The fraction of sp³-hybridized carbons (Fsp3) is 0.0769. The van der Waals surface area contributed by atoms with Crippen molar-refractivity contribution in [3.8, 4) is 11.1 Å². The van der Waals surface area contributed by atoms with Gasteiger partial charge in [0.1, 0.15) is 0 Å². The summed E-state index contributed by atoms with van der Waals surface area (Å²) in [5, 5.41) is 0.231. The van der Waals surface area contributed by atoms with Crippen molar-refractivity contribution < 1.29 is 13.2 Å². The summed E-state index contributed by atoms with van der Waals surface area (Å²) < 4.78 is 38.3. The first-order valence-corrected chi connectivity index (χ1v) is 6.25. The van der Waals surface area contributed by atoms with E-state index in [1.54, 1.807) is 6.07 Å². The number of rotatable bonds is 1. The van der Waals surface area contributed by atoms with Gasteiger partial charge >= 0.3 is 6.18 Å².